The molecule has 0 heterocycles. The summed E-state index contributed by atoms with van der Waals surface area (Å²) in [5, 5.41) is 11.8. The molecule has 0 spiro atoms. The van der Waals surface area contributed by atoms with Crippen molar-refractivity contribution in [3.8, 4) is 0 Å². The van der Waals surface area contributed by atoms with E-state index in [1.54, 1.807) is 19.2 Å². The fourth-order valence-corrected chi connectivity index (χ4v) is 2.00. The van der Waals surface area contributed by atoms with E-state index in [2.05, 4.69) is 5.32 Å². The molecule has 6 heteroatoms. The minimum Gasteiger partial charge on any atom is -0.478 e. The molecule has 0 saturated heterocycles. The van der Waals surface area contributed by atoms with E-state index in [1.807, 2.05) is 18.2 Å². The van der Waals surface area contributed by atoms with Crippen LogP contribution >= 0.6 is 11.6 Å². The van der Waals surface area contributed by atoms with Crippen molar-refractivity contribution in [2.45, 2.75) is 0 Å². The van der Waals surface area contributed by atoms with Crippen molar-refractivity contribution < 1.29 is 14.7 Å². The third-order valence-corrected chi connectivity index (χ3v) is 3.06. The van der Waals surface area contributed by atoms with Gasteiger partial charge in [-0.3, -0.25) is 4.90 Å². The van der Waals surface area contributed by atoms with Crippen molar-refractivity contribution in [2.75, 3.05) is 17.3 Å². The van der Waals surface area contributed by atoms with Crippen LogP contribution in [0.5, 0.6) is 0 Å². The first-order chi connectivity index (χ1) is 9.97. The lowest BCUT2D eigenvalue weighted by molar-refractivity contribution is 0.0697. The SMILES string of the molecule is CN(C(=O)Nc1cc(Cl)cc(C(=O)O)c1)c1ccccc1. The number of urea groups is 1. The lowest BCUT2D eigenvalue weighted by atomic mass is 10.2. The van der Waals surface area contributed by atoms with Gasteiger partial charge in [0.2, 0.25) is 0 Å². The molecule has 2 aromatic carbocycles. The molecule has 0 aliphatic carbocycles. The monoisotopic (exact) mass is 304 g/mol. The molecule has 0 aliphatic rings. The highest BCUT2D eigenvalue weighted by Gasteiger charge is 2.12. The van der Waals surface area contributed by atoms with Crippen LogP contribution in [0.4, 0.5) is 16.2 Å². The van der Waals surface area contributed by atoms with Crippen molar-refractivity contribution in [1.82, 2.24) is 0 Å². The molecule has 0 bridgehead atoms. The average molecular weight is 305 g/mol. The van der Waals surface area contributed by atoms with Gasteiger partial charge in [-0.2, -0.15) is 0 Å². The van der Waals surface area contributed by atoms with Crippen molar-refractivity contribution in [3.63, 3.8) is 0 Å². The van der Waals surface area contributed by atoms with Crippen molar-refractivity contribution in [3.05, 3.63) is 59.1 Å². The third-order valence-electron chi connectivity index (χ3n) is 2.84. The van der Waals surface area contributed by atoms with Gasteiger partial charge < -0.3 is 10.4 Å². The Hall–Kier alpha value is -2.53. The molecular weight excluding hydrogens is 292 g/mol. The lowest BCUT2D eigenvalue weighted by Crippen LogP contribution is -2.31. The van der Waals surface area contributed by atoms with Gasteiger partial charge in [0, 0.05) is 23.4 Å². The second-order valence-corrected chi connectivity index (χ2v) is 4.79. The third kappa shape index (κ3) is 3.73. The number of rotatable bonds is 3. The van der Waals surface area contributed by atoms with Crippen molar-refractivity contribution in [1.29, 1.82) is 0 Å². The molecule has 108 valence electrons. The predicted octanol–water partition coefficient (Wildman–Crippen LogP) is 3.71. The maximum atomic E-state index is 12.1. The summed E-state index contributed by atoms with van der Waals surface area (Å²) in [6, 6.07) is 12.9. The summed E-state index contributed by atoms with van der Waals surface area (Å²) in [5.74, 6) is -1.11. The molecular formula is C15H13ClN2O3. The summed E-state index contributed by atoms with van der Waals surface area (Å²) in [4.78, 5) is 24.5. The maximum Gasteiger partial charge on any atom is 0.335 e. The second-order valence-electron chi connectivity index (χ2n) is 4.36. The Morgan fingerprint density at radius 3 is 2.43 bits per heavy atom. The van der Waals surface area contributed by atoms with Gasteiger partial charge in [0.15, 0.2) is 0 Å². The summed E-state index contributed by atoms with van der Waals surface area (Å²) >= 11 is 5.85. The Bertz CT molecular complexity index is 674. The number of para-hydroxylation sites is 1. The fraction of sp³-hybridized carbons (Fsp3) is 0.0667. The smallest absolute Gasteiger partial charge is 0.335 e. The zero-order valence-electron chi connectivity index (χ0n) is 11.2. The Morgan fingerprint density at radius 1 is 1.14 bits per heavy atom. The van der Waals surface area contributed by atoms with Crippen LogP contribution in [-0.4, -0.2) is 24.2 Å². The lowest BCUT2D eigenvalue weighted by Gasteiger charge is -2.18. The van der Waals surface area contributed by atoms with Gasteiger partial charge in [-0.1, -0.05) is 29.8 Å². The summed E-state index contributed by atoms with van der Waals surface area (Å²) in [5.41, 5.74) is 1.06. The molecule has 5 nitrogen and oxygen atoms in total. The normalized spacial score (nSPS) is 10.0. The first kappa shape index (κ1) is 14.9. The number of halogens is 1. The summed E-state index contributed by atoms with van der Waals surface area (Å²) in [6.45, 7) is 0. The van der Waals surface area contributed by atoms with E-state index in [-0.39, 0.29) is 16.6 Å². The molecule has 0 aliphatic heterocycles. The van der Waals surface area contributed by atoms with Crippen LogP contribution in [0.2, 0.25) is 5.02 Å². The molecule has 0 radical (unpaired) electrons. The second kappa shape index (κ2) is 6.28. The van der Waals surface area contributed by atoms with Crippen LogP contribution in [0.25, 0.3) is 0 Å². The maximum absolute atomic E-state index is 12.1. The Morgan fingerprint density at radius 2 is 1.81 bits per heavy atom. The van der Waals surface area contributed by atoms with Crippen LogP contribution in [0, 0.1) is 0 Å². The van der Waals surface area contributed by atoms with Crippen LogP contribution in [0.3, 0.4) is 0 Å². The van der Waals surface area contributed by atoms with Crippen LogP contribution < -0.4 is 10.2 Å². The van der Waals surface area contributed by atoms with E-state index in [9.17, 15) is 9.59 Å². The summed E-state index contributed by atoms with van der Waals surface area (Å²) in [7, 11) is 1.62. The Kier molecular flexibility index (Phi) is 4.45. The Balaban J connectivity index is 2.18. The molecule has 0 saturated carbocycles. The quantitative estimate of drug-likeness (QED) is 0.908. The number of nitrogens with one attached hydrogen (secondary N) is 1. The van der Waals surface area contributed by atoms with Crippen molar-refractivity contribution in [2.24, 2.45) is 0 Å². The highest BCUT2D eigenvalue weighted by molar-refractivity contribution is 6.31. The first-order valence-electron chi connectivity index (χ1n) is 6.11. The number of carbonyl (C=O) groups is 2. The minimum atomic E-state index is -1.11. The highest BCUT2D eigenvalue weighted by atomic mass is 35.5. The van der Waals surface area contributed by atoms with Gasteiger partial charge in [-0.15, -0.1) is 0 Å². The average Bonchev–Trinajstić information content (AvgIpc) is 2.46. The van der Waals surface area contributed by atoms with E-state index in [0.29, 0.717) is 5.69 Å². The molecule has 21 heavy (non-hydrogen) atoms. The van der Waals surface area contributed by atoms with Gasteiger partial charge in [0.1, 0.15) is 0 Å². The van der Waals surface area contributed by atoms with Gasteiger partial charge in [0.05, 0.1) is 5.56 Å². The number of anilines is 2. The number of aromatic carboxylic acids is 1. The molecule has 0 atom stereocenters. The first-order valence-corrected chi connectivity index (χ1v) is 6.49. The fourth-order valence-electron chi connectivity index (χ4n) is 1.76. The topological polar surface area (TPSA) is 69.6 Å². The summed E-state index contributed by atoms with van der Waals surface area (Å²) < 4.78 is 0. The number of carbonyl (C=O) groups excluding carboxylic acids is 1. The van der Waals surface area contributed by atoms with E-state index in [1.165, 1.54) is 23.1 Å². The van der Waals surface area contributed by atoms with E-state index < -0.39 is 5.97 Å². The van der Waals surface area contributed by atoms with Gasteiger partial charge in [-0.05, 0) is 30.3 Å². The van der Waals surface area contributed by atoms with Crippen LogP contribution in [0.1, 0.15) is 10.4 Å². The van der Waals surface area contributed by atoms with Gasteiger partial charge >= 0.3 is 12.0 Å². The number of carboxylic acids is 1. The summed E-state index contributed by atoms with van der Waals surface area (Å²) in [6.07, 6.45) is 0. The Labute approximate surface area is 126 Å². The number of nitrogens with zero attached hydrogens (tertiary/aromatic N) is 1. The predicted molar refractivity (Wildman–Crippen MR) is 82.3 cm³/mol. The molecule has 2 aromatic rings. The van der Waals surface area contributed by atoms with Gasteiger partial charge in [-0.25, -0.2) is 9.59 Å². The number of carboxylic acid groups (broad SMARTS) is 1. The van der Waals surface area contributed by atoms with Gasteiger partial charge in [0.25, 0.3) is 0 Å². The molecule has 2 amide bonds. The standard InChI is InChI=1S/C15H13ClN2O3/c1-18(13-5-3-2-4-6-13)15(21)17-12-8-10(14(19)20)7-11(16)9-12/h2-9H,1H3,(H,17,21)(H,19,20). The van der Waals surface area contributed by atoms with E-state index >= 15 is 0 Å². The molecule has 0 fully saturated rings. The minimum absolute atomic E-state index is 0.0140. The van der Waals surface area contributed by atoms with Crippen LogP contribution in [-0.2, 0) is 0 Å². The number of hydrogen-bond donors (Lipinski definition) is 2. The largest absolute Gasteiger partial charge is 0.478 e. The van der Waals surface area contributed by atoms with E-state index in [0.717, 1.165) is 5.69 Å². The number of amides is 2. The van der Waals surface area contributed by atoms with Crippen LogP contribution in [0.15, 0.2) is 48.5 Å². The highest BCUT2D eigenvalue weighted by Crippen LogP contribution is 2.20. The van der Waals surface area contributed by atoms with E-state index in [4.69, 9.17) is 16.7 Å². The number of hydrogen-bond acceptors (Lipinski definition) is 2. The molecule has 0 aromatic heterocycles. The zero-order chi connectivity index (χ0) is 15.4. The molecule has 0 unspecified atom stereocenters. The van der Waals surface area contributed by atoms with Crippen molar-refractivity contribution >= 4 is 35.0 Å². The zero-order valence-corrected chi connectivity index (χ0v) is 12.0. The molecule has 2 rings (SSSR count). The number of benzene rings is 2. The molecule has 2 N–H and O–H groups in total.